The second kappa shape index (κ2) is 9.61. The third-order valence-electron chi connectivity index (χ3n) is 10.6. The molecular formula is C29H41N3O2. The van der Waals surface area contributed by atoms with Crippen molar-refractivity contribution in [2.45, 2.75) is 77.7 Å². The van der Waals surface area contributed by atoms with E-state index in [4.69, 9.17) is 10.00 Å². The third-order valence-corrected chi connectivity index (χ3v) is 10.6. The van der Waals surface area contributed by atoms with Gasteiger partial charge in [0, 0.05) is 26.0 Å². The van der Waals surface area contributed by atoms with Crippen molar-refractivity contribution in [3.63, 3.8) is 0 Å². The SMILES string of the molecule is COC[C@H]1CC[C@@H]2C3CC[C@@]4(C)C(CCC4[C@H](C)NC(=O)c4ccc(C#N)nc4)[C@@H]3CC[C@@H]2C1. The van der Waals surface area contributed by atoms with Crippen molar-refractivity contribution in [2.75, 3.05) is 13.7 Å². The first kappa shape index (κ1) is 23.8. The van der Waals surface area contributed by atoms with Gasteiger partial charge >= 0.3 is 0 Å². The standard InChI is InChI=1S/C29H41N3O2/c1-18(32-28(33)21-5-7-22(15-30)31-16-21)26-10-11-27-25-9-6-20-14-19(17-34-3)4-8-23(20)24(25)12-13-29(26,27)2/h5,7,16,18-20,23-27H,4,6,8-14,17H2,1-3H3,(H,32,33)/t18-,19-,20+,23-,24?,25+,26?,27?,29+/m0/s1. The number of nitrogens with zero attached hydrogens (tertiary/aromatic N) is 2. The van der Waals surface area contributed by atoms with Crippen molar-refractivity contribution in [3.8, 4) is 6.07 Å². The van der Waals surface area contributed by atoms with Gasteiger partial charge in [-0.2, -0.15) is 5.26 Å². The molecule has 4 fully saturated rings. The summed E-state index contributed by atoms with van der Waals surface area (Å²) in [6.07, 6.45) is 13.7. The summed E-state index contributed by atoms with van der Waals surface area (Å²) in [5.74, 6) is 5.73. The number of fused-ring (bicyclic) bond motifs is 5. The van der Waals surface area contributed by atoms with E-state index in [1.165, 1.54) is 64.0 Å². The van der Waals surface area contributed by atoms with Crippen LogP contribution in [0.3, 0.4) is 0 Å². The van der Waals surface area contributed by atoms with Crippen LogP contribution in [0.15, 0.2) is 18.3 Å². The van der Waals surface area contributed by atoms with Gasteiger partial charge in [-0.25, -0.2) is 4.98 Å². The van der Waals surface area contributed by atoms with E-state index in [0.717, 1.165) is 42.1 Å². The molecule has 1 N–H and O–H groups in total. The number of ether oxygens (including phenoxy) is 1. The summed E-state index contributed by atoms with van der Waals surface area (Å²) in [6.45, 7) is 5.69. The molecule has 4 saturated carbocycles. The Morgan fingerprint density at radius 3 is 2.74 bits per heavy atom. The number of aromatic nitrogens is 1. The van der Waals surface area contributed by atoms with Gasteiger partial charge in [0.2, 0.25) is 0 Å². The molecule has 34 heavy (non-hydrogen) atoms. The van der Waals surface area contributed by atoms with E-state index in [2.05, 4.69) is 24.1 Å². The minimum absolute atomic E-state index is 0.0708. The normalized spacial score (nSPS) is 39.8. The smallest absolute Gasteiger partial charge is 0.253 e. The fourth-order valence-corrected chi connectivity index (χ4v) is 9.18. The zero-order chi connectivity index (χ0) is 23.9. The Kier molecular flexibility index (Phi) is 6.73. The van der Waals surface area contributed by atoms with Crippen LogP contribution in [0, 0.1) is 58.2 Å². The van der Waals surface area contributed by atoms with Crippen LogP contribution in [0.2, 0.25) is 0 Å². The summed E-state index contributed by atoms with van der Waals surface area (Å²) in [7, 11) is 1.85. The van der Waals surface area contributed by atoms with Crippen LogP contribution < -0.4 is 5.32 Å². The Morgan fingerprint density at radius 1 is 1.18 bits per heavy atom. The molecule has 4 aliphatic carbocycles. The topological polar surface area (TPSA) is 75.0 Å². The summed E-state index contributed by atoms with van der Waals surface area (Å²) in [4.78, 5) is 17.0. The van der Waals surface area contributed by atoms with Gasteiger partial charge in [-0.1, -0.05) is 6.92 Å². The Hall–Kier alpha value is -1.93. The van der Waals surface area contributed by atoms with Crippen LogP contribution in [0.4, 0.5) is 0 Å². The molecule has 184 valence electrons. The van der Waals surface area contributed by atoms with Crippen LogP contribution in [-0.4, -0.2) is 30.6 Å². The average molecular weight is 464 g/mol. The number of nitriles is 1. The van der Waals surface area contributed by atoms with E-state index in [0.29, 0.717) is 22.6 Å². The lowest BCUT2D eigenvalue weighted by Gasteiger charge is -2.56. The molecule has 1 amide bonds. The summed E-state index contributed by atoms with van der Waals surface area (Å²) in [5.41, 5.74) is 1.21. The van der Waals surface area contributed by atoms with Gasteiger partial charge in [-0.15, -0.1) is 0 Å². The summed E-state index contributed by atoms with van der Waals surface area (Å²) >= 11 is 0. The van der Waals surface area contributed by atoms with Gasteiger partial charge in [0.25, 0.3) is 5.91 Å². The van der Waals surface area contributed by atoms with Crippen LogP contribution in [-0.2, 0) is 4.74 Å². The van der Waals surface area contributed by atoms with Crippen LogP contribution in [0.25, 0.3) is 0 Å². The fraction of sp³-hybridized carbons (Fsp3) is 0.759. The molecule has 0 aliphatic heterocycles. The van der Waals surface area contributed by atoms with Crippen molar-refractivity contribution in [1.29, 1.82) is 5.26 Å². The highest BCUT2D eigenvalue weighted by Gasteiger charge is 2.57. The van der Waals surface area contributed by atoms with E-state index < -0.39 is 0 Å². The monoisotopic (exact) mass is 463 g/mol. The van der Waals surface area contributed by atoms with E-state index in [1.54, 1.807) is 12.1 Å². The quantitative estimate of drug-likeness (QED) is 0.616. The van der Waals surface area contributed by atoms with Gasteiger partial charge in [0.15, 0.2) is 0 Å². The first-order chi connectivity index (χ1) is 16.4. The zero-order valence-corrected chi connectivity index (χ0v) is 21.1. The number of amides is 1. The largest absolute Gasteiger partial charge is 0.384 e. The molecule has 9 atom stereocenters. The molecule has 0 bridgehead atoms. The second-order valence-corrected chi connectivity index (χ2v) is 12.1. The number of hydrogen-bond donors (Lipinski definition) is 1. The number of pyridine rings is 1. The molecule has 0 saturated heterocycles. The van der Waals surface area contributed by atoms with Gasteiger partial charge in [-0.3, -0.25) is 4.79 Å². The first-order valence-corrected chi connectivity index (χ1v) is 13.6. The van der Waals surface area contributed by atoms with Crippen molar-refractivity contribution in [1.82, 2.24) is 10.3 Å². The molecule has 5 heteroatoms. The molecule has 5 nitrogen and oxygen atoms in total. The van der Waals surface area contributed by atoms with Gasteiger partial charge < -0.3 is 10.1 Å². The highest BCUT2D eigenvalue weighted by Crippen LogP contribution is 2.64. The molecule has 4 aliphatic rings. The molecule has 0 spiro atoms. The number of carbonyl (C=O) groups is 1. The number of rotatable bonds is 5. The van der Waals surface area contributed by atoms with Crippen molar-refractivity contribution in [2.24, 2.45) is 46.8 Å². The molecule has 1 aromatic heterocycles. The maximum Gasteiger partial charge on any atom is 0.253 e. The number of carbonyl (C=O) groups excluding carboxylic acids is 1. The van der Waals surface area contributed by atoms with E-state index in [-0.39, 0.29) is 11.9 Å². The molecule has 0 radical (unpaired) electrons. The summed E-state index contributed by atoms with van der Waals surface area (Å²) in [6, 6.07) is 5.49. The Bertz CT molecular complexity index is 924. The molecule has 0 aromatic carbocycles. The predicted molar refractivity (Wildman–Crippen MR) is 132 cm³/mol. The second-order valence-electron chi connectivity index (χ2n) is 12.1. The van der Waals surface area contributed by atoms with Crippen LogP contribution >= 0.6 is 0 Å². The molecule has 3 unspecified atom stereocenters. The fourth-order valence-electron chi connectivity index (χ4n) is 9.18. The average Bonchev–Trinajstić information content (AvgIpc) is 3.21. The lowest BCUT2D eigenvalue weighted by Crippen LogP contribution is -2.51. The Balaban J connectivity index is 1.24. The lowest BCUT2D eigenvalue weighted by atomic mass is 9.49. The maximum atomic E-state index is 12.9. The van der Waals surface area contributed by atoms with E-state index in [1.807, 2.05) is 13.2 Å². The van der Waals surface area contributed by atoms with Crippen molar-refractivity contribution < 1.29 is 9.53 Å². The molecule has 1 heterocycles. The van der Waals surface area contributed by atoms with E-state index in [9.17, 15) is 4.79 Å². The maximum absolute atomic E-state index is 12.9. The number of nitrogens with one attached hydrogen (secondary N) is 1. The van der Waals surface area contributed by atoms with Crippen LogP contribution in [0.1, 0.15) is 87.7 Å². The minimum atomic E-state index is -0.0708. The zero-order valence-electron chi connectivity index (χ0n) is 21.1. The highest BCUT2D eigenvalue weighted by atomic mass is 16.5. The molecule has 1 aromatic rings. The first-order valence-electron chi connectivity index (χ1n) is 13.6. The Labute approximate surface area is 205 Å². The highest BCUT2D eigenvalue weighted by molar-refractivity contribution is 5.94. The van der Waals surface area contributed by atoms with E-state index >= 15 is 0 Å². The van der Waals surface area contributed by atoms with Crippen molar-refractivity contribution >= 4 is 5.91 Å². The van der Waals surface area contributed by atoms with Gasteiger partial charge in [0.1, 0.15) is 11.8 Å². The lowest BCUT2D eigenvalue weighted by molar-refractivity contribution is -0.0742. The van der Waals surface area contributed by atoms with Gasteiger partial charge in [0.05, 0.1) is 5.56 Å². The number of methoxy groups -OCH3 is 1. The Morgan fingerprint density at radius 2 is 2.00 bits per heavy atom. The third kappa shape index (κ3) is 4.17. The minimum Gasteiger partial charge on any atom is -0.384 e. The summed E-state index contributed by atoms with van der Waals surface area (Å²) in [5, 5.41) is 12.3. The van der Waals surface area contributed by atoms with Gasteiger partial charge in [-0.05, 0) is 124 Å². The molecular weight excluding hydrogens is 422 g/mol. The van der Waals surface area contributed by atoms with Crippen molar-refractivity contribution in [3.05, 3.63) is 29.6 Å². The van der Waals surface area contributed by atoms with Crippen LogP contribution in [0.5, 0.6) is 0 Å². The number of hydrogen-bond acceptors (Lipinski definition) is 4. The predicted octanol–water partition coefficient (Wildman–Crippen LogP) is 5.60. The summed E-state index contributed by atoms with van der Waals surface area (Å²) < 4.78 is 5.49. The molecule has 5 rings (SSSR count).